The van der Waals surface area contributed by atoms with E-state index in [9.17, 15) is 9.90 Å². The quantitative estimate of drug-likeness (QED) is 0.935. The fourth-order valence-electron chi connectivity index (χ4n) is 3.58. The number of fused-ring (bicyclic) bond motifs is 1. The average molecular weight is 286 g/mol. The second kappa shape index (κ2) is 4.09. The van der Waals surface area contributed by atoms with Crippen LogP contribution >= 0.6 is 0 Å². The summed E-state index contributed by atoms with van der Waals surface area (Å²) in [7, 11) is 0. The van der Waals surface area contributed by atoms with Gasteiger partial charge in [0.15, 0.2) is 0 Å². The molecule has 0 saturated heterocycles. The summed E-state index contributed by atoms with van der Waals surface area (Å²) in [6.07, 6.45) is 0. The fourth-order valence-corrected chi connectivity index (χ4v) is 3.58. The van der Waals surface area contributed by atoms with Crippen LogP contribution in [0, 0.1) is 23.7 Å². The van der Waals surface area contributed by atoms with Gasteiger partial charge >= 0.3 is 5.97 Å². The van der Waals surface area contributed by atoms with Gasteiger partial charge in [0, 0.05) is 6.54 Å². The minimum absolute atomic E-state index is 0.306. The fraction of sp³-hybridized carbons (Fsp3) is 0.529. The second-order valence-electron chi connectivity index (χ2n) is 7.27. The van der Waals surface area contributed by atoms with Gasteiger partial charge in [0.05, 0.1) is 16.6 Å². The number of aromatic carboxylic acids is 1. The summed E-state index contributed by atoms with van der Waals surface area (Å²) in [5.41, 5.74) is 2.72. The Morgan fingerprint density at radius 1 is 1.29 bits per heavy atom. The summed E-state index contributed by atoms with van der Waals surface area (Å²) in [6, 6.07) is 5.15. The van der Waals surface area contributed by atoms with Gasteiger partial charge in [-0.1, -0.05) is 27.7 Å². The van der Waals surface area contributed by atoms with E-state index in [2.05, 4.69) is 37.2 Å². The molecule has 1 fully saturated rings. The van der Waals surface area contributed by atoms with Crippen molar-refractivity contribution in [1.29, 1.82) is 0 Å². The molecule has 21 heavy (non-hydrogen) atoms. The number of carboxylic acids is 1. The van der Waals surface area contributed by atoms with Crippen LogP contribution in [-0.4, -0.2) is 20.6 Å². The Morgan fingerprint density at radius 2 is 1.90 bits per heavy atom. The number of imidazole rings is 1. The molecule has 4 heteroatoms. The van der Waals surface area contributed by atoms with Crippen molar-refractivity contribution >= 4 is 17.0 Å². The molecule has 1 aliphatic rings. The van der Waals surface area contributed by atoms with E-state index in [4.69, 9.17) is 0 Å². The molecular formula is C17H22N2O2. The van der Waals surface area contributed by atoms with Crippen molar-refractivity contribution < 1.29 is 9.90 Å². The number of rotatable bonds is 3. The molecule has 1 N–H and O–H groups in total. The zero-order valence-corrected chi connectivity index (χ0v) is 13.3. The Balaban J connectivity index is 2.04. The van der Waals surface area contributed by atoms with Crippen molar-refractivity contribution in [3.05, 3.63) is 29.6 Å². The van der Waals surface area contributed by atoms with Gasteiger partial charge in [-0.2, -0.15) is 0 Å². The predicted octanol–water partition coefficient (Wildman–Crippen LogP) is 3.73. The van der Waals surface area contributed by atoms with Crippen LogP contribution in [0.2, 0.25) is 0 Å². The van der Waals surface area contributed by atoms with E-state index in [1.807, 2.05) is 6.92 Å². The third-order valence-corrected chi connectivity index (χ3v) is 5.87. The monoisotopic (exact) mass is 286 g/mol. The van der Waals surface area contributed by atoms with E-state index >= 15 is 0 Å². The predicted molar refractivity (Wildman–Crippen MR) is 82.5 cm³/mol. The van der Waals surface area contributed by atoms with Crippen molar-refractivity contribution in [3.8, 4) is 0 Å². The normalized spacial score (nSPS) is 19.9. The number of hydrogen-bond acceptors (Lipinski definition) is 2. The van der Waals surface area contributed by atoms with Crippen LogP contribution in [0.3, 0.4) is 0 Å². The minimum atomic E-state index is -0.894. The first-order valence-corrected chi connectivity index (χ1v) is 7.36. The highest BCUT2D eigenvalue weighted by atomic mass is 16.4. The first kappa shape index (κ1) is 14.1. The second-order valence-corrected chi connectivity index (χ2v) is 7.27. The number of hydrogen-bond donors (Lipinski definition) is 1. The first-order chi connectivity index (χ1) is 9.66. The molecule has 1 saturated carbocycles. The third-order valence-electron chi connectivity index (χ3n) is 5.87. The van der Waals surface area contributed by atoms with E-state index < -0.39 is 5.97 Å². The van der Waals surface area contributed by atoms with E-state index in [0.29, 0.717) is 22.3 Å². The molecule has 4 nitrogen and oxygen atoms in total. The molecule has 1 heterocycles. The zero-order chi connectivity index (χ0) is 15.6. The maximum Gasteiger partial charge on any atom is 0.335 e. The van der Waals surface area contributed by atoms with Crippen molar-refractivity contribution in [1.82, 2.24) is 9.55 Å². The van der Waals surface area contributed by atoms with Gasteiger partial charge in [-0.3, -0.25) is 0 Å². The van der Waals surface area contributed by atoms with E-state index in [0.717, 1.165) is 23.4 Å². The highest BCUT2D eigenvalue weighted by Gasteiger charge is 2.64. The maximum absolute atomic E-state index is 11.2. The molecule has 0 aliphatic heterocycles. The van der Waals surface area contributed by atoms with Gasteiger partial charge in [-0.25, -0.2) is 9.78 Å². The van der Waals surface area contributed by atoms with Gasteiger partial charge in [-0.15, -0.1) is 0 Å². The van der Waals surface area contributed by atoms with Gasteiger partial charge in [0.1, 0.15) is 5.82 Å². The molecule has 1 aromatic heterocycles. The van der Waals surface area contributed by atoms with Crippen LogP contribution in [0.25, 0.3) is 11.0 Å². The van der Waals surface area contributed by atoms with Crippen LogP contribution in [0.4, 0.5) is 0 Å². The number of carboxylic acid groups (broad SMARTS) is 1. The molecule has 2 aromatic rings. The molecule has 0 radical (unpaired) electrons. The van der Waals surface area contributed by atoms with Gasteiger partial charge in [0.25, 0.3) is 0 Å². The molecule has 0 unspecified atom stereocenters. The summed E-state index contributed by atoms with van der Waals surface area (Å²) in [5, 5.41) is 9.17. The molecule has 0 bridgehead atoms. The number of carbonyl (C=O) groups is 1. The lowest BCUT2D eigenvalue weighted by Crippen LogP contribution is -2.07. The van der Waals surface area contributed by atoms with Crippen molar-refractivity contribution in [2.45, 2.75) is 41.2 Å². The van der Waals surface area contributed by atoms with E-state index in [1.54, 1.807) is 18.2 Å². The van der Waals surface area contributed by atoms with Crippen LogP contribution in [-0.2, 0) is 6.54 Å². The van der Waals surface area contributed by atoms with E-state index in [-0.39, 0.29) is 0 Å². The minimum Gasteiger partial charge on any atom is -0.478 e. The zero-order valence-electron chi connectivity index (χ0n) is 13.3. The lowest BCUT2D eigenvalue weighted by atomic mass is 10.0. The van der Waals surface area contributed by atoms with Crippen molar-refractivity contribution in [3.63, 3.8) is 0 Å². The Morgan fingerprint density at radius 3 is 2.43 bits per heavy atom. The molecule has 1 aromatic carbocycles. The van der Waals surface area contributed by atoms with Gasteiger partial charge in [0.2, 0.25) is 0 Å². The molecule has 0 amide bonds. The molecular weight excluding hydrogens is 264 g/mol. The summed E-state index contributed by atoms with van der Waals surface area (Å²) >= 11 is 0. The lowest BCUT2D eigenvalue weighted by molar-refractivity contribution is 0.0697. The molecule has 1 aliphatic carbocycles. The van der Waals surface area contributed by atoms with Crippen LogP contribution in [0.5, 0.6) is 0 Å². The molecule has 0 atom stereocenters. The summed E-state index contributed by atoms with van der Waals surface area (Å²) < 4.78 is 2.17. The number of aromatic nitrogens is 2. The van der Waals surface area contributed by atoms with Crippen LogP contribution in [0.1, 0.15) is 43.9 Å². The third kappa shape index (κ3) is 1.88. The SMILES string of the molecule is Cc1nc2ccc(C(=O)O)cc2n1CC1C(C)(C)C1(C)C. The Labute approximate surface area is 124 Å². The highest BCUT2D eigenvalue weighted by Crippen LogP contribution is 2.69. The highest BCUT2D eigenvalue weighted by molar-refractivity contribution is 5.92. The number of benzene rings is 1. The van der Waals surface area contributed by atoms with Gasteiger partial charge in [-0.05, 0) is 41.9 Å². The van der Waals surface area contributed by atoms with E-state index in [1.165, 1.54) is 0 Å². The Bertz CT molecular complexity index is 727. The van der Waals surface area contributed by atoms with Crippen molar-refractivity contribution in [2.75, 3.05) is 0 Å². The molecule has 3 rings (SSSR count). The lowest BCUT2D eigenvalue weighted by Gasteiger charge is -2.09. The summed E-state index contributed by atoms with van der Waals surface area (Å²) in [4.78, 5) is 15.7. The topological polar surface area (TPSA) is 55.1 Å². The summed E-state index contributed by atoms with van der Waals surface area (Å²) in [5.74, 6) is 0.634. The Hall–Kier alpha value is -1.84. The molecule has 112 valence electrons. The maximum atomic E-state index is 11.2. The standard InChI is InChI=1S/C17H22N2O2/c1-10-18-12-7-6-11(15(20)21)8-13(12)19(10)9-14-16(2,3)17(14,4)5/h6-8,14H,9H2,1-5H3,(H,20,21). The smallest absolute Gasteiger partial charge is 0.335 e. The van der Waals surface area contributed by atoms with Crippen LogP contribution < -0.4 is 0 Å². The number of nitrogens with zero attached hydrogens (tertiary/aromatic N) is 2. The van der Waals surface area contributed by atoms with Gasteiger partial charge < -0.3 is 9.67 Å². The van der Waals surface area contributed by atoms with Crippen LogP contribution in [0.15, 0.2) is 18.2 Å². The molecule has 0 spiro atoms. The number of aryl methyl sites for hydroxylation is 1. The van der Waals surface area contributed by atoms with Crippen molar-refractivity contribution in [2.24, 2.45) is 16.7 Å². The first-order valence-electron chi connectivity index (χ1n) is 7.36. The largest absolute Gasteiger partial charge is 0.478 e. The Kier molecular flexibility index (Phi) is 2.75. The summed E-state index contributed by atoms with van der Waals surface area (Å²) in [6.45, 7) is 12.1. The average Bonchev–Trinajstić information content (AvgIpc) is 2.66.